The second kappa shape index (κ2) is 5.23. The summed E-state index contributed by atoms with van der Waals surface area (Å²) in [6.45, 7) is 3.60. The van der Waals surface area contributed by atoms with Gasteiger partial charge in [0.2, 0.25) is 5.91 Å². The lowest BCUT2D eigenvalue weighted by Gasteiger charge is -2.13. The summed E-state index contributed by atoms with van der Waals surface area (Å²) in [6, 6.07) is 4.25. The molecular formula is C12H14N4O2S. The number of fused-ring (bicyclic) bond motifs is 1. The van der Waals surface area contributed by atoms with Gasteiger partial charge in [-0.25, -0.2) is 9.78 Å². The number of imide groups is 1. The third kappa shape index (κ3) is 3.19. The quantitative estimate of drug-likeness (QED) is 0.794. The number of carbonyl (C=O) groups is 2. The summed E-state index contributed by atoms with van der Waals surface area (Å²) in [5.41, 5.74) is 6.62. The second-order valence-corrected chi connectivity index (χ2v) is 5.37. The highest BCUT2D eigenvalue weighted by Crippen LogP contribution is 2.24. The number of anilines is 1. The first-order valence-corrected chi connectivity index (χ1v) is 6.51. The molecule has 19 heavy (non-hydrogen) atoms. The summed E-state index contributed by atoms with van der Waals surface area (Å²) in [4.78, 5) is 26.5. The maximum absolute atomic E-state index is 11.5. The maximum Gasteiger partial charge on any atom is 0.318 e. The lowest BCUT2D eigenvalue weighted by molar-refractivity contribution is -0.120. The third-order valence-corrected chi connectivity index (χ3v) is 3.45. The van der Waals surface area contributed by atoms with E-state index in [9.17, 15) is 9.59 Å². The summed E-state index contributed by atoms with van der Waals surface area (Å²) in [6.07, 6.45) is 0. The zero-order chi connectivity index (χ0) is 14.0. The Bertz CT molecular complexity index is 638. The molecule has 0 saturated carbocycles. The summed E-state index contributed by atoms with van der Waals surface area (Å²) >= 11 is 1.59. The molecule has 1 atom stereocenters. The predicted molar refractivity (Wildman–Crippen MR) is 75.2 cm³/mol. The van der Waals surface area contributed by atoms with Crippen LogP contribution in [0.1, 0.15) is 11.9 Å². The molecule has 0 bridgehead atoms. The lowest BCUT2D eigenvalue weighted by Crippen LogP contribution is -2.43. The van der Waals surface area contributed by atoms with Crippen LogP contribution in [0.25, 0.3) is 10.2 Å². The molecule has 3 amide bonds. The van der Waals surface area contributed by atoms with Gasteiger partial charge in [0.15, 0.2) is 0 Å². The lowest BCUT2D eigenvalue weighted by atomic mass is 10.2. The molecule has 7 heteroatoms. The summed E-state index contributed by atoms with van der Waals surface area (Å²) in [5.74, 6) is -0.465. The fourth-order valence-corrected chi connectivity index (χ4v) is 2.54. The van der Waals surface area contributed by atoms with E-state index in [1.165, 1.54) is 0 Å². The standard InChI is InChI=1S/C12H14N4O2S/c1-6(11(17)16-12(13)18)14-8-3-4-9-10(5-8)19-7(2)15-9/h3-6,14H,1-2H3,(H3,13,16,17,18)/t6-/m1/s1. The Hall–Kier alpha value is -2.15. The first kappa shape index (κ1) is 13.3. The van der Waals surface area contributed by atoms with Gasteiger partial charge in [0, 0.05) is 5.69 Å². The van der Waals surface area contributed by atoms with Crippen molar-refractivity contribution in [2.75, 3.05) is 5.32 Å². The maximum atomic E-state index is 11.5. The van der Waals surface area contributed by atoms with Crippen molar-refractivity contribution in [3.05, 3.63) is 23.2 Å². The largest absolute Gasteiger partial charge is 0.374 e. The predicted octanol–water partition coefficient (Wildman–Crippen LogP) is 1.60. The van der Waals surface area contributed by atoms with Crippen LogP contribution in [0.5, 0.6) is 0 Å². The molecule has 2 rings (SSSR count). The molecule has 0 spiro atoms. The number of rotatable bonds is 3. The van der Waals surface area contributed by atoms with E-state index in [-0.39, 0.29) is 0 Å². The Labute approximate surface area is 114 Å². The average Bonchev–Trinajstić information content (AvgIpc) is 2.67. The van der Waals surface area contributed by atoms with Crippen molar-refractivity contribution in [1.82, 2.24) is 10.3 Å². The number of nitrogens with two attached hydrogens (primary N) is 1. The van der Waals surface area contributed by atoms with Crippen molar-refractivity contribution in [1.29, 1.82) is 0 Å². The van der Waals surface area contributed by atoms with Crippen LogP contribution < -0.4 is 16.4 Å². The van der Waals surface area contributed by atoms with Crippen molar-refractivity contribution < 1.29 is 9.59 Å². The molecule has 0 aliphatic carbocycles. The van der Waals surface area contributed by atoms with Crippen LogP contribution in [0, 0.1) is 6.92 Å². The van der Waals surface area contributed by atoms with Crippen LogP contribution in [0.15, 0.2) is 18.2 Å². The Morgan fingerprint density at radius 2 is 2.16 bits per heavy atom. The molecule has 100 valence electrons. The minimum absolute atomic E-state index is 0.465. The number of primary amides is 1. The number of nitrogens with one attached hydrogen (secondary N) is 2. The molecule has 1 aromatic carbocycles. The number of carbonyl (C=O) groups excluding carboxylic acids is 2. The van der Waals surface area contributed by atoms with Crippen LogP contribution in [-0.4, -0.2) is 23.0 Å². The Balaban J connectivity index is 2.12. The van der Waals surface area contributed by atoms with Crippen molar-refractivity contribution in [2.24, 2.45) is 5.73 Å². The van der Waals surface area contributed by atoms with E-state index < -0.39 is 18.0 Å². The molecule has 6 nitrogen and oxygen atoms in total. The normalized spacial score (nSPS) is 12.1. The highest BCUT2D eigenvalue weighted by atomic mass is 32.1. The van der Waals surface area contributed by atoms with Crippen molar-refractivity contribution >= 4 is 39.2 Å². The van der Waals surface area contributed by atoms with E-state index in [2.05, 4.69) is 10.3 Å². The molecule has 0 fully saturated rings. The first-order valence-electron chi connectivity index (χ1n) is 5.70. The number of nitrogens with zero attached hydrogens (tertiary/aromatic N) is 1. The fourth-order valence-electron chi connectivity index (χ4n) is 1.67. The number of amides is 3. The third-order valence-electron chi connectivity index (χ3n) is 2.52. The Kier molecular flexibility index (Phi) is 3.66. The van der Waals surface area contributed by atoms with Gasteiger partial charge in [-0.3, -0.25) is 10.1 Å². The molecular weight excluding hydrogens is 264 g/mol. The molecule has 1 heterocycles. The molecule has 0 aliphatic heterocycles. The Morgan fingerprint density at radius 1 is 1.42 bits per heavy atom. The van der Waals surface area contributed by atoms with Crippen molar-refractivity contribution in [2.45, 2.75) is 19.9 Å². The highest BCUT2D eigenvalue weighted by Gasteiger charge is 2.14. The van der Waals surface area contributed by atoms with Gasteiger partial charge in [-0.15, -0.1) is 11.3 Å². The van der Waals surface area contributed by atoms with Gasteiger partial charge in [-0.2, -0.15) is 0 Å². The monoisotopic (exact) mass is 278 g/mol. The molecule has 4 N–H and O–H groups in total. The van der Waals surface area contributed by atoms with E-state index in [1.807, 2.05) is 30.4 Å². The zero-order valence-corrected chi connectivity index (χ0v) is 11.4. The van der Waals surface area contributed by atoms with Crippen LogP contribution in [-0.2, 0) is 4.79 Å². The molecule has 0 radical (unpaired) electrons. The fraction of sp³-hybridized carbons (Fsp3) is 0.250. The van der Waals surface area contributed by atoms with Gasteiger partial charge >= 0.3 is 6.03 Å². The molecule has 0 saturated heterocycles. The SMILES string of the molecule is Cc1nc2ccc(N[C@H](C)C(=O)NC(N)=O)cc2s1. The van der Waals surface area contributed by atoms with Crippen LogP contribution in [0.2, 0.25) is 0 Å². The van der Waals surface area contributed by atoms with E-state index in [0.29, 0.717) is 0 Å². The molecule has 0 aliphatic rings. The Morgan fingerprint density at radius 3 is 2.84 bits per heavy atom. The number of thiazole rings is 1. The van der Waals surface area contributed by atoms with Crippen LogP contribution in [0.4, 0.5) is 10.5 Å². The molecule has 0 unspecified atom stereocenters. The topological polar surface area (TPSA) is 97.1 Å². The van der Waals surface area contributed by atoms with Gasteiger partial charge < -0.3 is 11.1 Å². The van der Waals surface area contributed by atoms with Crippen LogP contribution >= 0.6 is 11.3 Å². The number of hydrogen-bond acceptors (Lipinski definition) is 5. The molecule has 1 aromatic heterocycles. The van der Waals surface area contributed by atoms with E-state index in [1.54, 1.807) is 18.3 Å². The minimum Gasteiger partial charge on any atom is -0.374 e. The highest BCUT2D eigenvalue weighted by molar-refractivity contribution is 7.18. The van der Waals surface area contributed by atoms with E-state index >= 15 is 0 Å². The molecule has 2 aromatic rings. The van der Waals surface area contributed by atoms with Gasteiger partial charge in [-0.1, -0.05) is 0 Å². The summed E-state index contributed by atoms with van der Waals surface area (Å²) < 4.78 is 1.05. The van der Waals surface area contributed by atoms with Crippen LogP contribution in [0.3, 0.4) is 0 Å². The van der Waals surface area contributed by atoms with Crippen molar-refractivity contribution in [3.8, 4) is 0 Å². The van der Waals surface area contributed by atoms with Crippen molar-refractivity contribution in [3.63, 3.8) is 0 Å². The second-order valence-electron chi connectivity index (χ2n) is 4.13. The summed E-state index contributed by atoms with van der Waals surface area (Å²) in [7, 11) is 0. The minimum atomic E-state index is -0.854. The van der Waals surface area contributed by atoms with E-state index in [4.69, 9.17) is 5.73 Å². The number of aryl methyl sites for hydroxylation is 1. The summed E-state index contributed by atoms with van der Waals surface area (Å²) in [5, 5.41) is 6.03. The first-order chi connectivity index (χ1) is 8.95. The number of benzene rings is 1. The number of aromatic nitrogens is 1. The van der Waals surface area contributed by atoms with Gasteiger partial charge in [0.1, 0.15) is 6.04 Å². The zero-order valence-electron chi connectivity index (χ0n) is 10.6. The van der Waals surface area contributed by atoms with E-state index in [0.717, 1.165) is 20.9 Å². The van der Waals surface area contributed by atoms with Gasteiger partial charge in [0.05, 0.1) is 15.2 Å². The smallest absolute Gasteiger partial charge is 0.318 e. The van der Waals surface area contributed by atoms with Gasteiger partial charge in [-0.05, 0) is 32.0 Å². The average molecular weight is 278 g/mol. The number of hydrogen-bond donors (Lipinski definition) is 3. The van der Waals surface area contributed by atoms with Gasteiger partial charge in [0.25, 0.3) is 0 Å². The number of urea groups is 1.